The van der Waals surface area contributed by atoms with Gasteiger partial charge < -0.3 is 20.9 Å². The van der Waals surface area contributed by atoms with E-state index in [-0.39, 0.29) is 12.1 Å². The van der Waals surface area contributed by atoms with E-state index in [0.717, 1.165) is 48.6 Å². The molecule has 5 nitrogen and oxygen atoms in total. The van der Waals surface area contributed by atoms with Crippen molar-refractivity contribution in [2.24, 2.45) is 11.8 Å². The summed E-state index contributed by atoms with van der Waals surface area (Å²) >= 11 is 5.65. The van der Waals surface area contributed by atoms with Crippen LogP contribution in [0.15, 0.2) is 30.3 Å². The van der Waals surface area contributed by atoms with Crippen molar-refractivity contribution in [3.63, 3.8) is 0 Å². The van der Waals surface area contributed by atoms with Gasteiger partial charge in [-0.2, -0.15) is 0 Å². The number of urea groups is 1. The fourth-order valence-corrected chi connectivity index (χ4v) is 5.11. The van der Waals surface area contributed by atoms with Crippen molar-refractivity contribution in [2.45, 2.75) is 50.6 Å². The van der Waals surface area contributed by atoms with Crippen LogP contribution in [-0.2, 0) is 0 Å². The Hall–Kier alpha value is -1.82. The third-order valence-electron chi connectivity index (χ3n) is 6.20. The van der Waals surface area contributed by atoms with E-state index in [1.807, 2.05) is 30.3 Å². The molecule has 2 aliphatic carbocycles. The van der Waals surface area contributed by atoms with Crippen molar-refractivity contribution in [2.75, 3.05) is 18.4 Å². The number of hydrogen-bond acceptors (Lipinski definition) is 2. The number of amides is 2. The molecule has 3 aliphatic rings. The number of hydrogen-bond donors (Lipinski definition) is 3. The number of likely N-dealkylation sites (tertiary alicyclic amines) is 1. The molecular weight excluding hydrogens is 344 g/mol. The van der Waals surface area contributed by atoms with Crippen molar-refractivity contribution in [3.05, 3.63) is 30.3 Å². The summed E-state index contributed by atoms with van der Waals surface area (Å²) in [6.07, 6.45) is 7.33. The summed E-state index contributed by atoms with van der Waals surface area (Å²) in [4.78, 5) is 14.4. The smallest absolute Gasteiger partial charge is 0.319 e. The number of fused-ring (bicyclic) bond motifs is 2. The van der Waals surface area contributed by atoms with Gasteiger partial charge in [0.15, 0.2) is 5.11 Å². The van der Waals surface area contributed by atoms with Crippen LogP contribution in [0.2, 0.25) is 0 Å². The van der Waals surface area contributed by atoms with Gasteiger partial charge in [-0.05, 0) is 68.3 Å². The number of thiocarbonyl (C=S) groups is 1. The molecule has 2 saturated carbocycles. The number of carbonyl (C=O) groups is 1. The van der Waals surface area contributed by atoms with Crippen molar-refractivity contribution in [1.29, 1.82) is 0 Å². The minimum absolute atomic E-state index is 0.127. The van der Waals surface area contributed by atoms with Crippen LogP contribution in [0.1, 0.15) is 38.5 Å². The molecule has 0 unspecified atom stereocenters. The number of piperidine rings is 1. The molecule has 3 N–H and O–H groups in total. The minimum atomic E-state index is -0.127. The maximum atomic E-state index is 12.1. The van der Waals surface area contributed by atoms with Gasteiger partial charge in [-0.25, -0.2) is 4.79 Å². The lowest BCUT2D eigenvalue weighted by atomic mass is 9.95. The maximum Gasteiger partial charge on any atom is 0.319 e. The molecule has 6 heteroatoms. The van der Waals surface area contributed by atoms with Gasteiger partial charge in [-0.1, -0.05) is 24.6 Å². The zero-order valence-corrected chi connectivity index (χ0v) is 15.9. The highest BCUT2D eigenvalue weighted by Crippen LogP contribution is 2.44. The Labute approximate surface area is 160 Å². The first-order chi connectivity index (χ1) is 12.7. The largest absolute Gasteiger partial charge is 0.360 e. The fourth-order valence-electron chi connectivity index (χ4n) is 4.77. The third-order valence-corrected chi connectivity index (χ3v) is 6.57. The summed E-state index contributed by atoms with van der Waals surface area (Å²) in [5.74, 6) is 1.76. The van der Waals surface area contributed by atoms with Gasteiger partial charge in [0.2, 0.25) is 0 Å². The molecule has 1 saturated heterocycles. The Kier molecular flexibility index (Phi) is 5.29. The van der Waals surface area contributed by atoms with Crippen LogP contribution in [0.25, 0.3) is 0 Å². The first kappa shape index (κ1) is 17.6. The van der Waals surface area contributed by atoms with Crippen LogP contribution in [0.5, 0.6) is 0 Å². The second-order valence-corrected chi connectivity index (χ2v) is 8.34. The topological polar surface area (TPSA) is 56.4 Å². The van der Waals surface area contributed by atoms with Gasteiger partial charge in [-0.15, -0.1) is 0 Å². The fraction of sp³-hybridized carbons (Fsp3) is 0.600. The predicted molar refractivity (Wildman–Crippen MR) is 108 cm³/mol. The van der Waals surface area contributed by atoms with Gasteiger partial charge in [0, 0.05) is 30.9 Å². The average Bonchev–Trinajstić information content (AvgIpc) is 3.26. The molecule has 3 atom stereocenters. The standard InChI is InChI=1S/C20H28N4OS/c25-19(21-16-4-2-1-3-5-16)22-17-8-10-24(11-9-17)20(26)23-18-13-14-6-7-15(18)12-14/h1-5,14-15,17-18H,6-13H2,(H,23,26)(H2,21,22,25)/t14-,15-,18-/m0/s1. The van der Waals surface area contributed by atoms with Crippen molar-refractivity contribution >= 4 is 29.0 Å². The van der Waals surface area contributed by atoms with Gasteiger partial charge in [0.25, 0.3) is 0 Å². The second-order valence-electron chi connectivity index (χ2n) is 7.96. The molecule has 26 heavy (non-hydrogen) atoms. The van der Waals surface area contributed by atoms with Crippen LogP contribution in [-0.4, -0.2) is 41.2 Å². The van der Waals surface area contributed by atoms with E-state index in [4.69, 9.17) is 12.2 Å². The molecule has 3 fully saturated rings. The van der Waals surface area contributed by atoms with Crippen LogP contribution < -0.4 is 16.0 Å². The molecule has 4 rings (SSSR count). The second kappa shape index (κ2) is 7.82. The normalized spacial score (nSPS) is 28.0. The number of nitrogens with one attached hydrogen (secondary N) is 3. The van der Waals surface area contributed by atoms with Gasteiger partial charge >= 0.3 is 6.03 Å². The van der Waals surface area contributed by atoms with E-state index >= 15 is 0 Å². The zero-order valence-electron chi connectivity index (χ0n) is 15.1. The third kappa shape index (κ3) is 4.11. The number of benzene rings is 1. The Morgan fingerprint density at radius 1 is 1.00 bits per heavy atom. The van der Waals surface area contributed by atoms with Crippen LogP contribution in [0, 0.1) is 11.8 Å². The molecule has 0 radical (unpaired) electrons. The zero-order chi connectivity index (χ0) is 17.9. The first-order valence-corrected chi connectivity index (χ1v) is 10.3. The van der Waals surface area contributed by atoms with Gasteiger partial charge in [-0.3, -0.25) is 0 Å². The highest BCUT2D eigenvalue weighted by Gasteiger charge is 2.40. The van der Waals surface area contributed by atoms with E-state index < -0.39 is 0 Å². The lowest BCUT2D eigenvalue weighted by molar-refractivity contribution is 0.235. The molecule has 1 aromatic rings. The Bertz CT molecular complexity index is 644. The molecule has 2 bridgehead atoms. The Morgan fingerprint density at radius 2 is 1.77 bits per heavy atom. The molecule has 1 aliphatic heterocycles. The Balaban J connectivity index is 1.19. The highest BCUT2D eigenvalue weighted by molar-refractivity contribution is 7.80. The minimum Gasteiger partial charge on any atom is -0.360 e. The van der Waals surface area contributed by atoms with E-state index in [2.05, 4.69) is 20.9 Å². The summed E-state index contributed by atoms with van der Waals surface area (Å²) < 4.78 is 0. The van der Waals surface area contributed by atoms with E-state index in [1.54, 1.807) is 0 Å². The molecule has 0 aromatic heterocycles. The maximum absolute atomic E-state index is 12.1. The molecule has 140 valence electrons. The molecule has 0 spiro atoms. The quantitative estimate of drug-likeness (QED) is 0.713. The summed E-state index contributed by atoms with van der Waals surface area (Å²) in [6, 6.07) is 10.2. The van der Waals surface area contributed by atoms with Crippen molar-refractivity contribution < 1.29 is 4.79 Å². The van der Waals surface area contributed by atoms with E-state index in [9.17, 15) is 4.79 Å². The van der Waals surface area contributed by atoms with Gasteiger partial charge in [0.1, 0.15) is 0 Å². The predicted octanol–water partition coefficient (Wildman–Crippen LogP) is 3.34. The van der Waals surface area contributed by atoms with Gasteiger partial charge in [0.05, 0.1) is 0 Å². The summed E-state index contributed by atoms with van der Waals surface area (Å²) in [7, 11) is 0. The van der Waals surface area contributed by atoms with Crippen molar-refractivity contribution in [3.8, 4) is 0 Å². The summed E-state index contributed by atoms with van der Waals surface area (Å²) in [6.45, 7) is 1.81. The number of anilines is 1. The number of nitrogens with zero attached hydrogens (tertiary/aromatic N) is 1. The lowest BCUT2D eigenvalue weighted by Gasteiger charge is -2.36. The van der Waals surface area contributed by atoms with E-state index in [1.165, 1.54) is 25.7 Å². The molecule has 1 heterocycles. The number of carbonyl (C=O) groups excluding carboxylic acids is 1. The molecular formula is C20H28N4OS. The van der Waals surface area contributed by atoms with Crippen LogP contribution in [0.3, 0.4) is 0 Å². The monoisotopic (exact) mass is 372 g/mol. The summed E-state index contributed by atoms with van der Waals surface area (Å²) in [5.41, 5.74) is 0.818. The first-order valence-electron chi connectivity index (χ1n) is 9.85. The van der Waals surface area contributed by atoms with Crippen molar-refractivity contribution in [1.82, 2.24) is 15.5 Å². The SMILES string of the molecule is O=C(Nc1ccccc1)NC1CCN(C(=S)N[C@H]2C[C@H]3CC[C@H]2C3)CC1. The number of para-hydroxylation sites is 1. The van der Waals surface area contributed by atoms with Crippen LogP contribution >= 0.6 is 12.2 Å². The average molecular weight is 373 g/mol. The Morgan fingerprint density at radius 3 is 2.42 bits per heavy atom. The van der Waals surface area contributed by atoms with E-state index in [0.29, 0.717) is 6.04 Å². The summed E-state index contributed by atoms with van der Waals surface area (Å²) in [5, 5.41) is 10.5. The molecule has 1 aromatic carbocycles. The molecule has 2 amide bonds. The number of rotatable bonds is 3. The highest BCUT2D eigenvalue weighted by atomic mass is 32.1. The van der Waals surface area contributed by atoms with Crippen LogP contribution in [0.4, 0.5) is 10.5 Å². The lowest BCUT2D eigenvalue weighted by Crippen LogP contribution is -2.52.